The van der Waals surface area contributed by atoms with E-state index in [-0.39, 0.29) is 18.3 Å². The van der Waals surface area contributed by atoms with Gasteiger partial charge in [0.25, 0.3) is 0 Å². The maximum absolute atomic E-state index is 13.2. The van der Waals surface area contributed by atoms with Crippen molar-refractivity contribution in [1.29, 1.82) is 0 Å². The van der Waals surface area contributed by atoms with Crippen LogP contribution >= 0.6 is 0 Å². The molecule has 0 aromatic heterocycles. The summed E-state index contributed by atoms with van der Waals surface area (Å²) in [6, 6.07) is 17.2. The van der Waals surface area contributed by atoms with Crippen molar-refractivity contribution in [2.75, 3.05) is 27.4 Å². The largest absolute Gasteiger partial charge is 0.382 e. The lowest BCUT2D eigenvalue weighted by atomic mass is 9.94. The molecule has 3 rings (SSSR count). The lowest BCUT2D eigenvalue weighted by Gasteiger charge is -2.25. The van der Waals surface area contributed by atoms with Crippen LogP contribution in [0.5, 0.6) is 0 Å². The Bertz CT molecular complexity index is 979. The van der Waals surface area contributed by atoms with Gasteiger partial charge in [0.15, 0.2) is 5.78 Å². The van der Waals surface area contributed by atoms with Crippen LogP contribution in [-0.2, 0) is 36.7 Å². The molecule has 1 aliphatic heterocycles. The van der Waals surface area contributed by atoms with Crippen LogP contribution in [0, 0.1) is 0 Å². The SMILES string of the molecule is CN[C@@H](CCc1ccccc1)C(=O)N[C@@H](COC)C(=O)N[C@@H](Cc1ccccc1)C(=O)[C@@]1(C)CO1. The molecule has 2 aromatic carbocycles. The summed E-state index contributed by atoms with van der Waals surface area (Å²) in [4.78, 5) is 39.2. The number of ether oxygens (including phenoxy) is 2. The van der Waals surface area contributed by atoms with Gasteiger partial charge >= 0.3 is 0 Å². The highest BCUT2D eigenvalue weighted by Crippen LogP contribution is 2.29. The van der Waals surface area contributed by atoms with Crippen LogP contribution in [0.3, 0.4) is 0 Å². The van der Waals surface area contributed by atoms with Gasteiger partial charge in [-0.3, -0.25) is 14.4 Å². The lowest BCUT2D eigenvalue weighted by molar-refractivity contribution is -0.134. The molecule has 4 atom stereocenters. The number of ketones is 1. The second kappa shape index (κ2) is 12.6. The summed E-state index contributed by atoms with van der Waals surface area (Å²) < 4.78 is 10.5. The molecule has 1 heterocycles. The smallest absolute Gasteiger partial charge is 0.245 e. The molecule has 0 unspecified atom stereocenters. The summed E-state index contributed by atoms with van der Waals surface area (Å²) in [5, 5.41) is 8.64. The Kier molecular flexibility index (Phi) is 9.54. The van der Waals surface area contributed by atoms with E-state index in [1.165, 1.54) is 7.11 Å². The first-order valence-electron chi connectivity index (χ1n) is 11.9. The number of carbonyl (C=O) groups is 3. The average molecular weight is 482 g/mol. The van der Waals surface area contributed by atoms with Gasteiger partial charge in [0, 0.05) is 7.11 Å². The molecule has 0 aliphatic carbocycles. The summed E-state index contributed by atoms with van der Waals surface area (Å²) in [5.41, 5.74) is 1.16. The molecule has 1 aliphatic rings. The molecule has 35 heavy (non-hydrogen) atoms. The molecule has 2 aromatic rings. The Labute approximate surface area is 206 Å². The van der Waals surface area contributed by atoms with Gasteiger partial charge in [-0.15, -0.1) is 0 Å². The van der Waals surface area contributed by atoms with Crippen LogP contribution in [0.25, 0.3) is 0 Å². The molecular weight excluding hydrogens is 446 g/mol. The van der Waals surface area contributed by atoms with Crippen LogP contribution < -0.4 is 16.0 Å². The molecular formula is C27H35N3O5. The van der Waals surface area contributed by atoms with Crippen molar-refractivity contribution >= 4 is 17.6 Å². The van der Waals surface area contributed by atoms with Crippen molar-refractivity contribution in [2.45, 2.75) is 49.9 Å². The predicted molar refractivity (Wildman–Crippen MR) is 133 cm³/mol. The molecule has 0 saturated carbocycles. The maximum Gasteiger partial charge on any atom is 0.245 e. The highest BCUT2D eigenvalue weighted by Gasteiger charge is 2.50. The molecule has 8 heteroatoms. The standard InChI is InChI=1S/C27H35N3O5/c1-27(18-35-27)24(31)22(16-20-12-8-5-9-13-20)29-26(33)23(17-34-3)30-25(32)21(28-2)15-14-19-10-6-4-7-11-19/h4-13,21-23,28H,14-18H2,1-3H3,(H,29,33)(H,30,32)/t21-,22-,23-,27+/m0/s1. The molecule has 1 fully saturated rings. The summed E-state index contributed by atoms with van der Waals surface area (Å²) >= 11 is 0. The van der Waals surface area contributed by atoms with Gasteiger partial charge in [0.1, 0.15) is 11.6 Å². The van der Waals surface area contributed by atoms with E-state index in [9.17, 15) is 14.4 Å². The van der Waals surface area contributed by atoms with Gasteiger partial charge in [-0.1, -0.05) is 60.7 Å². The van der Waals surface area contributed by atoms with Gasteiger partial charge in [-0.25, -0.2) is 0 Å². The topological polar surface area (TPSA) is 109 Å². The van der Waals surface area contributed by atoms with Crippen LogP contribution in [-0.4, -0.2) is 68.7 Å². The van der Waals surface area contributed by atoms with Crippen LogP contribution in [0.1, 0.15) is 24.5 Å². The number of carbonyl (C=O) groups excluding carboxylic acids is 3. The summed E-state index contributed by atoms with van der Waals surface area (Å²) in [5.74, 6) is -0.964. The molecule has 3 N–H and O–H groups in total. The van der Waals surface area contributed by atoms with Gasteiger partial charge in [-0.05, 0) is 44.4 Å². The fraction of sp³-hybridized carbons (Fsp3) is 0.444. The molecule has 1 saturated heterocycles. The van der Waals surface area contributed by atoms with E-state index in [1.807, 2.05) is 60.7 Å². The molecule has 0 radical (unpaired) electrons. The first kappa shape index (κ1) is 26.5. The summed E-state index contributed by atoms with van der Waals surface area (Å²) in [7, 11) is 3.18. The number of epoxide rings is 1. The van der Waals surface area contributed by atoms with E-state index >= 15 is 0 Å². The molecule has 0 spiro atoms. The fourth-order valence-electron chi connectivity index (χ4n) is 3.93. The third-order valence-corrected chi connectivity index (χ3v) is 6.21. The van der Waals surface area contributed by atoms with E-state index in [2.05, 4.69) is 16.0 Å². The number of amides is 2. The van der Waals surface area contributed by atoms with E-state index < -0.39 is 29.6 Å². The van der Waals surface area contributed by atoms with Crippen molar-refractivity contribution in [3.8, 4) is 0 Å². The van der Waals surface area contributed by atoms with E-state index in [1.54, 1.807) is 14.0 Å². The summed E-state index contributed by atoms with van der Waals surface area (Å²) in [6.07, 6.45) is 1.61. The van der Waals surface area contributed by atoms with Gasteiger partial charge in [0.05, 0.1) is 25.3 Å². The molecule has 0 bridgehead atoms. The van der Waals surface area contributed by atoms with Crippen molar-refractivity contribution in [3.63, 3.8) is 0 Å². The average Bonchev–Trinajstić information content (AvgIpc) is 3.63. The minimum absolute atomic E-state index is 0.0211. The highest BCUT2D eigenvalue weighted by molar-refractivity contribution is 5.98. The second-order valence-corrected chi connectivity index (χ2v) is 9.02. The van der Waals surface area contributed by atoms with Gasteiger partial charge < -0.3 is 25.4 Å². The Morgan fingerprint density at radius 3 is 2.00 bits per heavy atom. The predicted octanol–water partition coefficient (Wildman–Crippen LogP) is 1.42. The van der Waals surface area contributed by atoms with E-state index in [0.29, 0.717) is 25.9 Å². The molecule has 8 nitrogen and oxygen atoms in total. The number of hydrogen-bond acceptors (Lipinski definition) is 6. The number of Topliss-reactive ketones (excluding diaryl/α,β-unsaturated/α-hetero) is 1. The third kappa shape index (κ3) is 7.71. The Morgan fingerprint density at radius 2 is 1.46 bits per heavy atom. The number of likely N-dealkylation sites (N-methyl/N-ethyl adjacent to an activating group) is 1. The van der Waals surface area contributed by atoms with E-state index in [4.69, 9.17) is 9.47 Å². The van der Waals surface area contributed by atoms with E-state index in [0.717, 1.165) is 11.1 Å². The minimum atomic E-state index is -0.945. The molecule has 188 valence electrons. The first-order valence-corrected chi connectivity index (χ1v) is 11.9. The monoisotopic (exact) mass is 481 g/mol. The highest BCUT2D eigenvalue weighted by atomic mass is 16.6. The quantitative estimate of drug-likeness (QED) is 0.352. The van der Waals surface area contributed by atoms with Crippen molar-refractivity contribution in [1.82, 2.24) is 16.0 Å². The molecule has 2 amide bonds. The zero-order valence-corrected chi connectivity index (χ0v) is 20.6. The Balaban J connectivity index is 1.65. The number of aryl methyl sites for hydroxylation is 1. The number of rotatable bonds is 14. The van der Waals surface area contributed by atoms with Crippen LogP contribution in [0.15, 0.2) is 60.7 Å². The number of hydrogen-bond donors (Lipinski definition) is 3. The zero-order chi connectivity index (χ0) is 25.3. The van der Waals surface area contributed by atoms with Crippen LogP contribution in [0.4, 0.5) is 0 Å². The number of nitrogens with one attached hydrogen (secondary N) is 3. The number of benzene rings is 2. The van der Waals surface area contributed by atoms with Gasteiger partial charge in [0.2, 0.25) is 11.8 Å². The Hall–Kier alpha value is -3.07. The van der Waals surface area contributed by atoms with Crippen molar-refractivity contribution < 1.29 is 23.9 Å². The lowest BCUT2D eigenvalue weighted by Crippen LogP contribution is -2.57. The normalized spacial score (nSPS) is 19.3. The van der Waals surface area contributed by atoms with Crippen molar-refractivity contribution in [3.05, 3.63) is 71.8 Å². The third-order valence-electron chi connectivity index (χ3n) is 6.21. The Morgan fingerprint density at radius 1 is 0.914 bits per heavy atom. The zero-order valence-electron chi connectivity index (χ0n) is 20.6. The first-order chi connectivity index (χ1) is 16.9. The van der Waals surface area contributed by atoms with Crippen molar-refractivity contribution in [2.24, 2.45) is 0 Å². The minimum Gasteiger partial charge on any atom is -0.382 e. The second-order valence-electron chi connectivity index (χ2n) is 9.02. The maximum atomic E-state index is 13.2. The van der Waals surface area contributed by atoms with Gasteiger partial charge in [-0.2, -0.15) is 0 Å². The fourth-order valence-corrected chi connectivity index (χ4v) is 3.93. The summed E-state index contributed by atoms with van der Waals surface area (Å²) in [6.45, 7) is 2.03. The number of methoxy groups -OCH3 is 1. The van der Waals surface area contributed by atoms with Crippen LogP contribution in [0.2, 0.25) is 0 Å².